The van der Waals surface area contributed by atoms with Crippen molar-refractivity contribution in [3.8, 4) is 0 Å². The number of carboxylic acid groups (broad SMARTS) is 1. The molecular weight excluding hydrogens is 215 g/mol. The van der Waals surface area contributed by atoms with Gasteiger partial charge in [0.15, 0.2) is 5.15 Å². The molecule has 0 fully saturated rings. The number of hydrogen-bond acceptors (Lipinski definition) is 3. The summed E-state index contributed by atoms with van der Waals surface area (Å²) < 4.78 is 31.7. The van der Waals surface area contributed by atoms with Crippen molar-refractivity contribution in [3.05, 3.63) is 11.3 Å². The number of carbonyl (C=O) groups is 1. The van der Waals surface area contributed by atoms with Crippen molar-refractivity contribution in [3.63, 3.8) is 0 Å². The predicted octanol–water partition coefficient (Wildman–Crippen LogP) is 1.09. The van der Waals surface area contributed by atoms with E-state index in [4.69, 9.17) is 21.5 Å². The van der Waals surface area contributed by atoms with Crippen molar-refractivity contribution in [2.45, 2.75) is 6.18 Å². The summed E-state index contributed by atoms with van der Waals surface area (Å²) in [6.45, 7) is 0. The van der Waals surface area contributed by atoms with Crippen LogP contribution in [0.3, 0.4) is 0 Å². The maximum Gasteiger partial charge on any atom is 0.490 e. The van der Waals surface area contributed by atoms with Gasteiger partial charge in [0, 0.05) is 0 Å². The van der Waals surface area contributed by atoms with E-state index < -0.39 is 12.1 Å². The molecule has 0 spiro atoms. The van der Waals surface area contributed by atoms with E-state index in [9.17, 15) is 13.2 Å². The first kappa shape index (κ1) is 11.7. The second-order valence-corrected chi connectivity index (χ2v) is 1.98. The second-order valence-electron chi connectivity index (χ2n) is 1.60. The molecule has 1 rings (SSSR count). The number of nitrogens with one attached hydrogen (secondary N) is 1. The van der Waals surface area contributed by atoms with Crippen LogP contribution >= 0.6 is 11.6 Å². The molecule has 1 aromatic rings. The standard InChI is InChI=1S/C2H2ClN3.C2HF3O2/c3-2-1-4-6-5-2;3-2(4,5)1(6)7/h1H,(H,4,5,6);(H,6,7). The Bertz CT molecular complexity index is 260. The van der Waals surface area contributed by atoms with Crippen LogP contribution in [0, 0.1) is 0 Å². The topological polar surface area (TPSA) is 78.9 Å². The van der Waals surface area contributed by atoms with Crippen LogP contribution in [0.2, 0.25) is 5.15 Å². The summed E-state index contributed by atoms with van der Waals surface area (Å²) in [5.41, 5.74) is 0. The molecule has 9 heteroatoms. The van der Waals surface area contributed by atoms with E-state index in [0.29, 0.717) is 5.15 Å². The average Bonchev–Trinajstić information content (AvgIpc) is 2.38. The number of halogens is 4. The molecule has 5 nitrogen and oxygen atoms in total. The molecular formula is C4H3ClF3N3O2. The zero-order valence-electron chi connectivity index (χ0n) is 5.84. The van der Waals surface area contributed by atoms with Gasteiger partial charge in [0.2, 0.25) is 0 Å². The van der Waals surface area contributed by atoms with Crippen LogP contribution in [-0.2, 0) is 4.79 Å². The first-order valence-electron chi connectivity index (χ1n) is 2.65. The van der Waals surface area contributed by atoms with E-state index in [1.807, 2.05) is 0 Å². The monoisotopic (exact) mass is 217 g/mol. The van der Waals surface area contributed by atoms with Crippen molar-refractivity contribution >= 4 is 17.6 Å². The molecule has 74 valence electrons. The number of H-pyrrole nitrogens is 1. The lowest BCUT2D eigenvalue weighted by molar-refractivity contribution is -0.192. The fourth-order valence-corrected chi connectivity index (χ4v) is 0.274. The van der Waals surface area contributed by atoms with Crippen LogP contribution in [0.25, 0.3) is 0 Å². The van der Waals surface area contributed by atoms with Gasteiger partial charge in [-0.1, -0.05) is 11.6 Å². The lowest BCUT2D eigenvalue weighted by Crippen LogP contribution is -2.21. The zero-order valence-corrected chi connectivity index (χ0v) is 6.60. The zero-order chi connectivity index (χ0) is 10.5. The average molecular weight is 218 g/mol. The van der Waals surface area contributed by atoms with Gasteiger partial charge in [0.05, 0.1) is 6.20 Å². The number of hydrogen-bond donors (Lipinski definition) is 2. The van der Waals surface area contributed by atoms with Crippen LogP contribution < -0.4 is 0 Å². The van der Waals surface area contributed by atoms with Gasteiger partial charge in [-0.25, -0.2) is 4.79 Å². The van der Waals surface area contributed by atoms with E-state index in [1.54, 1.807) is 0 Å². The van der Waals surface area contributed by atoms with Gasteiger partial charge in [0.1, 0.15) is 0 Å². The van der Waals surface area contributed by atoms with E-state index in [0.717, 1.165) is 0 Å². The number of alkyl halides is 3. The van der Waals surface area contributed by atoms with Crippen LogP contribution in [-0.4, -0.2) is 32.7 Å². The van der Waals surface area contributed by atoms with Crippen molar-refractivity contribution in [1.82, 2.24) is 15.4 Å². The molecule has 1 aromatic heterocycles. The molecule has 0 aliphatic heterocycles. The number of nitrogens with zero attached hydrogens (tertiary/aromatic N) is 2. The summed E-state index contributed by atoms with van der Waals surface area (Å²) in [6.07, 6.45) is -3.65. The van der Waals surface area contributed by atoms with Crippen molar-refractivity contribution in [2.75, 3.05) is 0 Å². The number of carboxylic acids is 1. The van der Waals surface area contributed by atoms with Gasteiger partial charge in [-0.2, -0.15) is 23.5 Å². The summed E-state index contributed by atoms with van der Waals surface area (Å²) in [6, 6.07) is 0. The third-order valence-electron chi connectivity index (χ3n) is 0.628. The van der Waals surface area contributed by atoms with Gasteiger partial charge in [0.25, 0.3) is 0 Å². The number of aromatic nitrogens is 3. The molecule has 0 unspecified atom stereocenters. The Morgan fingerprint density at radius 3 is 2.15 bits per heavy atom. The molecule has 0 saturated heterocycles. The van der Waals surface area contributed by atoms with Crippen molar-refractivity contribution in [1.29, 1.82) is 0 Å². The molecule has 13 heavy (non-hydrogen) atoms. The number of aromatic amines is 1. The Kier molecular flexibility index (Phi) is 4.18. The molecule has 0 bridgehead atoms. The summed E-state index contributed by atoms with van der Waals surface area (Å²) in [7, 11) is 0. The number of aliphatic carboxylic acids is 1. The molecule has 0 aromatic carbocycles. The number of rotatable bonds is 0. The van der Waals surface area contributed by atoms with E-state index in [2.05, 4.69) is 15.4 Å². The highest BCUT2D eigenvalue weighted by Gasteiger charge is 2.38. The van der Waals surface area contributed by atoms with Gasteiger partial charge in [-0.05, 0) is 0 Å². The summed E-state index contributed by atoms with van der Waals surface area (Å²) >= 11 is 5.25. The summed E-state index contributed by atoms with van der Waals surface area (Å²) in [4.78, 5) is 8.90. The summed E-state index contributed by atoms with van der Waals surface area (Å²) in [5.74, 6) is -2.76. The fraction of sp³-hybridized carbons (Fsp3) is 0.250. The van der Waals surface area contributed by atoms with Gasteiger partial charge in [-0.3, -0.25) is 0 Å². The Morgan fingerprint density at radius 1 is 1.62 bits per heavy atom. The third kappa shape index (κ3) is 5.91. The molecule has 0 saturated carbocycles. The molecule has 2 N–H and O–H groups in total. The first-order valence-corrected chi connectivity index (χ1v) is 3.03. The smallest absolute Gasteiger partial charge is 0.475 e. The lowest BCUT2D eigenvalue weighted by atomic mass is 10.7. The van der Waals surface area contributed by atoms with Crippen LogP contribution in [0.1, 0.15) is 0 Å². The normalized spacial score (nSPS) is 10.2. The molecule has 0 radical (unpaired) electrons. The quantitative estimate of drug-likeness (QED) is 0.682. The van der Waals surface area contributed by atoms with Crippen LogP contribution in [0.5, 0.6) is 0 Å². The molecule has 0 amide bonds. The minimum atomic E-state index is -5.08. The highest BCUT2D eigenvalue weighted by Crippen LogP contribution is 2.13. The third-order valence-corrected chi connectivity index (χ3v) is 0.810. The maximum absolute atomic E-state index is 10.6. The van der Waals surface area contributed by atoms with Crippen molar-refractivity contribution < 1.29 is 23.1 Å². The SMILES string of the molecule is Clc1cn[nH]n1.O=C(O)C(F)(F)F. The Balaban J connectivity index is 0.000000223. The molecule has 1 heterocycles. The first-order chi connectivity index (χ1) is 5.84. The van der Waals surface area contributed by atoms with Gasteiger partial charge < -0.3 is 5.11 Å². The minimum absolute atomic E-state index is 0.398. The predicted molar refractivity (Wildman–Crippen MR) is 35.1 cm³/mol. The van der Waals surface area contributed by atoms with Crippen molar-refractivity contribution in [2.24, 2.45) is 0 Å². The lowest BCUT2D eigenvalue weighted by Gasteiger charge is -1.93. The van der Waals surface area contributed by atoms with Gasteiger partial charge in [-0.15, -0.1) is 5.10 Å². The van der Waals surface area contributed by atoms with E-state index in [1.165, 1.54) is 6.20 Å². The maximum atomic E-state index is 10.6. The Morgan fingerprint density at radius 2 is 2.08 bits per heavy atom. The summed E-state index contributed by atoms with van der Waals surface area (Å²) in [5, 5.41) is 16.7. The fourth-order valence-electron chi connectivity index (χ4n) is 0.188. The van der Waals surface area contributed by atoms with Gasteiger partial charge >= 0.3 is 12.1 Å². The van der Waals surface area contributed by atoms with E-state index >= 15 is 0 Å². The Hall–Kier alpha value is -1.31. The highest BCUT2D eigenvalue weighted by molar-refractivity contribution is 6.29. The second kappa shape index (κ2) is 4.65. The molecule has 0 aliphatic rings. The highest BCUT2D eigenvalue weighted by atomic mass is 35.5. The van der Waals surface area contributed by atoms with Crippen LogP contribution in [0.4, 0.5) is 13.2 Å². The molecule has 0 atom stereocenters. The largest absolute Gasteiger partial charge is 0.490 e. The minimum Gasteiger partial charge on any atom is -0.475 e. The van der Waals surface area contributed by atoms with Crippen LogP contribution in [0.15, 0.2) is 6.20 Å². The Labute approximate surface area is 74.5 Å². The van der Waals surface area contributed by atoms with E-state index in [-0.39, 0.29) is 0 Å². The molecule has 0 aliphatic carbocycles.